The Kier molecular flexibility index (Phi) is 6.73. The van der Waals surface area contributed by atoms with Crippen LogP contribution < -0.4 is 0 Å². The Morgan fingerprint density at radius 2 is 2.06 bits per heavy atom. The van der Waals surface area contributed by atoms with Crippen LogP contribution in [-0.4, -0.2) is 21.3 Å². The summed E-state index contributed by atoms with van der Waals surface area (Å²) in [6.45, 7) is 2.40. The van der Waals surface area contributed by atoms with Gasteiger partial charge in [0.2, 0.25) is 0 Å². The van der Waals surface area contributed by atoms with Crippen LogP contribution in [-0.2, 0) is 14.3 Å². The summed E-state index contributed by atoms with van der Waals surface area (Å²) >= 11 is 0. The Morgan fingerprint density at radius 1 is 1.33 bits per heavy atom. The molecule has 104 valence electrons. The van der Waals surface area contributed by atoms with Crippen molar-refractivity contribution in [2.24, 2.45) is 11.8 Å². The van der Waals surface area contributed by atoms with Crippen LogP contribution in [0.15, 0.2) is 0 Å². The smallest absolute Gasteiger partial charge is 0.264 e. The standard InChI is InChI=1S/C14H24O3S/c1-13(8-6-9-14-10-11-14)7-4-3-5-12-17-18(2,15)16/h13-14H,3,5-6,8-12H2,1-2H3. The van der Waals surface area contributed by atoms with E-state index in [-0.39, 0.29) is 6.61 Å². The highest BCUT2D eigenvalue weighted by Crippen LogP contribution is 2.34. The quantitative estimate of drug-likeness (QED) is 0.387. The normalized spacial score (nSPS) is 17.0. The Bertz CT molecular complexity index is 385. The SMILES string of the molecule is CC(C#CCCCOS(C)(=O)=O)CCCC1CC1. The summed E-state index contributed by atoms with van der Waals surface area (Å²) in [4.78, 5) is 0. The molecule has 3 nitrogen and oxygen atoms in total. The van der Waals surface area contributed by atoms with Gasteiger partial charge in [0.25, 0.3) is 10.1 Å². The maximum absolute atomic E-state index is 10.7. The summed E-state index contributed by atoms with van der Waals surface area (Å²) in [6.07, 6.45) is 9.16. The van der Waals surface area contributed by atoms with Crippen LogP contribution in [0.1, 0.15) is 51.9 Å². The highest BCUT2D eigenvalue weighted by molar-refractivity contribution is 7.85. The molecule has 0 aromatic rings. The molecule has 0 aromatic carbocycles. The summed E-state index contributed by atoms with van der Waals surface area (Å²) in [6, 6.07) is 0. The third-order valence-electron chi connectivity index (χ3n) is 3.04. The predicted molar refractivity (Wildman–Crippen MR) is 73.5 cm³/mol. The molecule has 1 fully saturated rings. The maximum Gasteiger partial charge on any atom is 0.264 e. The van der Waals surface area contributed by atoms with E-state index < -0.39 is 10.1 Å². The Balaban J connectivity index is 1.97. The number of hydrogen-bond acceptors (Lipinski definition) is 3. The van der Waals surface area contributed by atoms with Crippen molar-refractivity contribution in [3.63, 3.8) is 0 Å². The molecule has 0 heterocycles. The van der Waals surface area contributed by atoms with Gasteiger partial charge < -0.3 is 0 Å². The van der Waals surface area contributed by atoms with Crippen LogP contribution in [0.2, 0.25) is 0 Å². The molecule has 1 rings (SSSR count). The second kappa shape index (κ2) is 7.81. The molecule has 1 saturated carbocycles. The van der Waals surface area contributed by atoms with E-state index in [1.165, 1.54) is 32.1 Å². The van der Waals surface area contributed by atoms with Gasteiger partial charge in [-0.1, -0.05) is 32.6 Å². The van der Waals surface area contributed by atoms with E-state index in [0.29, 0.717) is 18.8 Å². The van der Waals surface area contributed by atoms with Gasteiger partial charge in [-0.2, -0.15) is 8.42 Å². The maximum atomic E-state index is 10.7. The highest BCUT2D eigenvalue weighted by atomic mass is 32.2. The Morgan fingerprint density at radius 3 is 2.67 bits per heavy atom. The second-order valence-electron chi connectivity index (χ2n) is 5.23. The van der Waals surface area contributed by atoms with Gasteiger partial charge in [-0.3, -0.25) is 4.18 Å². The first-order valence-corrected chi connectivity index (χ1v) is 8.62. The van der Waals surface area contributed by atoms with Crippen LogP contribution in [0.4, 0.5) is 0 Å². The third kappa shape index (κ3) is 9.49. The van der Waals surface area contributed by atoms with E-state index in [1.807, 2.05) is 0 Å². The van der Waals surface area contributed by atoms with Crippen molar-refractivity contribution in [3.8, 4) is 11.8 Å². The van der Waals surface area contributed by atoms with Crippen LogP contribution >= 0.6 is 0 Å². The molecule has 0 aliphatic heterocycles. The van der Waals surface area contributed by atoms with E-state index in [2.05, 4.69) is 22.9 Å². The molecule has 18 heavy (non-hydrogen) atoms. The number of rotatable bonds is 8. The van der Waals surface area contributed by atoms with Gasteiger partial charge >= 0.3 is 0 Å². The van der Waals surface area contributed by atoms with Crippen LogP contribution in [0.25, 0.3) is 0 Å². The largest absolute Gasteiger partial charge is 0.270 e. The molecular formula is C14H24O3S. The molecule has 1 atom stereocenters. The Labute approximate surface area is 111 Å². The zero-order valence-electron chi connectivity index (χ0n) is 11.4. The zero-order valence-corrected chi connectivity index (χ0v) is 12.3. The number of unbranched alkanes of at least 4 members (excludes halogenated alkanes) is 1. The minimum absolute atomic E-state index is 0.240. The zero-order chi connectivity index (χ0) is 13.4. The first-order valence-electron chi connectivity index (χ1n) is 6.80. The molecule has 4 heteroatoms. The highest BCUT2D eigenvalue weighted by Gasteiger charge is 2.20. The molecular weight excluding hydrogens is 248 g/mol. The lowest BCUT2D eigenvalue weighted by atomic mass is 10.0. The summed E-state index contributed by atoms with van der Waals surface area (Å²) in [5, 5.41) is 0. The fourth-order valence-electron chi connectivity index (χ4n) is 1.81. The third-order valence-corrected chi connectivity index (χ3v) is 3.63. The van der Waals surface area contributed by atoms with Gasteiger partial charge in [0.15, 0.2) is 0 Å². The lowest BCUT2D eigenvalue weighted by Crippen LogP contribution is -2.03. The van der Waals surface area contributed by atoms with Gasteiger partial charge in [0.1, 0.15) is 0 Å². The van der Waals surface area contributed by atoms with Crippen molar-refractivity contribution in [3.05, 3.63) is 0 Å². The topological polar surface area (TPSA) is 43.4 Å². The predicted octanol–water partition coefficient (Wildman–Crippen LogP) is 2.96. The van der Waals surface area contributed by atoms with Crippen molar-refractivity contribution in [2.75, 3.05) is 12.9 Å². The molecule has 0 radical (unpaired) electrons. The van der Waals surface area contributed by atoms with Gasteiger partial charge in [0.05, 0.1) is 12.9 Å². The summed E-state index contributed by atoms with van der Waals surface area (Å²) in [5.41, 5.74) is 0. The van der Waals surface area contributed by atoms with Gasteiger partial charge in [-0.15, -0.1) is 11.8 Å². The number of hydrogen-bond donors (Lipinski definition) is 0. The average molecular weight is 272 g/mol. The minimum atomic E-state index is -3.29. The molecule has 0 amide bonds. The van der Waals surface area contributed by atoms with E-state index in [1.54, 1.807) is 0 Å². The fraction of sp³-hybridized carbons (Fsp3) is 0.857. The van der Waals surface area contributed by atoms with Crippen LogP contribution in [0.3, 0.4) is 0 Å². The molecule has 0 aromatic heterocycles. The van der Waals surface area contributed by atoms with Gasteiger partial charge in [-0.25, -0.2) is 0 Å². The summed E-state index contributed by atoms with van der Waals surface area (Å²) < 4.78 is 26.0. The monoisotopic (exact) mass is 272 g/mol. The minimum Gasteiger partial charge on any atom is -0.270 e. The first-order chi connectivity index (χ1) is 8.47. The van der Waals surface area contributed by atoms with Crippen molar-refractivity contribution in [1.82, 2.24) is 0 Å². The van der Waals surface area contributed by atoms with E-state index in [9.17, 15) is 8.42 Å². The Hall–Kier alpha value is -0.530. The lowest BCUT2D eigenvalue weighted by molar-refractivity contribution is 0.317. The van der Waals surface area contributed by atoms with E-state index >= 15 is 0 Å². The molecule has 0 saturated heterocycles. The van der Waals surface area contributed by atoms with Crippen molar-refractivity contribution in [1.29, 1.82) is 0 Å². The molecule has 1 aliphatic rings. The fourth-order valence-corrected chi connectivity index (χ4v) is 2.23. The summed E-state index contributed by atoms with van der Waals surface area (Å²) in [5.74, 6) is 7.79. The van der Waals surface area contributed by atoms with Crippen molar-refractivity contribution >= 4 is 10.1 Å². The molecule has 0 N–H and O–H groups in total. The van der Waals surface area contributed by atoms with E-state index in [4.69, 9.17) is 0 Å². The lowest BCUT2D eigenvalue weighted by Gasteiger charge is -2.02. The van der Waals surface area contributed by atoms with Crippen molar-refractivity contribution < 1.29 is 12.6 Å². The van der Waals surface area contributed by atoms with Gasteiger partial charge in [-0.05, 0) is 18.8 Å². The van der Waals surface area contributed by atoms with Crippen LogP contribution in [0.5, 0.6) is 0 Å². The second-order valence-corrected chi connectivity index (χ2v) is 6.87. The average Bonchev–Trinajstić information content (AvgIpc) is 3.05. The van der Waals surface area contributed by atoms with E-state index in [0.717, 1.165) is 12.2 Å². The molecule has 0 spiro atoms. The first kappa shape index (κ1) is 15.5. The van der Waals surface area contributed by atoms with Crippen molar-refractivity contribution in [2.45, 2.75) is 51.9 Å². The molecule has 1 unspecified atom stereocenters. The summed E-state index contributed by atoms with van der Waals surface area (Å²) in [7, 11) is -3.29. The molecule has 1 aliphatic carbocycles. The van der Waals surface area contributed by atoms with Gasteiger partial charge in [0, 0.05) is 12.3 Å². The molecule has 0 bridgehead atoms. The van der Waals surface area contributed by atoms with Crippen LogP contribution in [0, 0.1) is 23.7 Å².